The summed E-state index contributed by atoms with van der Waals surface area (Å²) < 4.78 is 42.4. The minimum absolute atomic E-state index is 0.129. The summed E-state index contributed by atoms with van der Waals surface area (Å²) in [7, 11) is -3.74. The van der Waals surface area contributed by atoms with Crippen LogP contribution < -0.4 is 4.31 Å². The van der Waals surface area contributed by atoms with Crippen LogP contribution in [-0.2, 0) is 16.6 Å². The standard InChI is InChI=1S/C29H23FN2O2S/c1-35(33,34)32(20-21-11-5-2-6-12-21)29-25-18-17-24(30)19-26(25)31-28(23-15-9-4-10-16-23)27(29)22-13-7-3-8-14-22/h2-19H,20H2,1H3. The van der Waals surface area contributed by atoms with Gasteiger partial charge in [0.05, 0.1) is 29.7 Å². The Balaban J connectivity index is 1.92. The molecule has 0 N–H and O–H groups in total. The summed E-state index contributed by atoms with van der Waals surface area (Å²) in [6.07, 6.45) is 1.20. The van der Waals surface area contributed by atoms with Gasteiger partial charge in [0.2, 0.25) is 10.0 Å². The molecular formula is C29H23FN2O2S. The highest BCUT2D eigenvalue weighted by Gasteiger charge is 2.27. The molecule has 1 heterocycles. The molecule has 5 rings (SSSR count). The quantitative estimate of drug-likeness (QED) is 0.271. The molecule has 0 saturated carbocycles. The Morgan fingerprint density at radius 1 is 0.771 bits per heavy atom. The van der Waals surface area contributed by atoms with E-state index in [1.165, 1.54) is 22.7 Å². The lowest BCUT2D eigenvalue weighted by atomic mass is 9.95. The van der Waals surface area contributed by atoms with Gasteiger partial charge in [-0.2, -0.15) is 0 Å². The number of pyridine rings is 1. The third kappa shape index (κ3) is 4.66. The molecule has 5 aromatic rings. The molecule has 1 aromatic heterocycles. The molecule has 0 radical (unpaired) electrons. The Morgan fingerprint density at radius 3 is 1.94 bits per heavy atom. The molecule has 0 bridgehead atoms. The van der Waals surface area contributed by atoms with Crippen LogP contribution in [0.3, 0.4) is 0 Å². The van der Waals surface area contributed by atoms with Crippen LogP contribution in [-0.4, -0.2) is 19.7 Å². The number of nitrogens with zero attached hydrogens (tertiary/aromatic N) is 2. The largest absolute Gasteiger partial charge is 0.265 e. The Kier molecular flexibility index (Phi) is 6.05. The average molecular weight is 483 g/mol. The summed E-state index contributed by atoms with van der Waals surface area (Å²) in [5.41, 5.74) is 4.61. The van der Waals surface area contributed by atoms with E-state index in [9.17, 15) is 12.8 Å². The van der Waals surface area contributed by atoms with E-state index in [0.717, 1.165) is 16.7 Å². The summed E-state index contributed by atoms with van der Waals surface area (Å²) in [5.74, 6) is -0.434. The van der Waals surface area contributed by atoms with Crippen molar-refractivity contribution in [2.24, 2.45) is 0 Å². The van der Waals surface area contributed by atoms with Crippen LogP contribution in [0, 0.1) is 5.82 Å². The first-order chi connectivity index (χ1) is 16.9. The lowest BCUT2D eigenvalue weighted by Crippen LogP contribution is -2.30. The summed E-state index contributed by atoms with van der Waals surface area (Å²) in [5, 5.41) is 0.561. The maximum Gasteiger partial charge on any atom is 0.232 e. The van der Waals surface area contributed by atoms with E-state index in [-0.39, 0.29) is 6.54 Å². The Labute approximate surface area is 204 Å². The van der Waals surface area contributed by atoms with Crippen molar-refractivity contribution in [3.63, 3.8) is 0 Å². The van der Waals surface area contributed by atoms with Crippen molar-refractivity contribution >= 4 is 26.6 Å². The van der Waals surface area contributed by atoms with E-state index < -0.39 is 15.8 Å². The number of rotatable bonds is 6. The molecule has 4 aromatic carbocycles. The second kappa shape index (κ2) is 9.31. The fourth-order valence-corrected chi connectivity index (χ4v) is 5.18. The lowest BCUT2D eigenvalue weighted by molar-refractivity contribution is 0.596. The van der Waals surface area contributed by atoms with Crippen molar-refractivity contribution in [2.45, 2.75) is 6.54 Å². The Morgan fingerprint density at radius 2 is 1.34 bits per heavy atom. The van der Waals surface area contributed by atoms with Crippen LogP contribution in [0.25, 0.3) is 33.3 Å². The van der Waals surface area contributed by atoms with Crippen LogP contribution in [0.15, 0.2) is 109 Å². The number of fused-ring (bicyclic) bond motifs is 1. The second-order valence-corrected chi connectivity index (χ2v) is 10.2. The molecular weight excluding hydrogens is 459 g/mol. The van der Waals surface area contributed by atoms with Crippen LogP contribution in [0.4, 0.5) is 10.1 Å². The molecule has 0 saturated heterocycles. The fourth-order valence-electron chi connectivity index (χ4n) is 4.27. The highest BCUT2D eigenvalue weighted by Crippen LogP contribution is 2.44. The first kappa shape index (κ1) is 22.7. The molecule has 0 atom stereocenters. The first-order valence-corrected chi connectivity index (χ1v) is 13.0. The van der Waals surface area contributed by atoms with Crippen molar-refractivity contribution in [2.75, 3.05) is 10.6 Å². The molecule has 6 heteroatoms. The average Bonchev–Trinajstić information content (AvgIpc) is 2.87. The predicted molar refractivity (Wildman–Crippen MR) is 140 cm³/mol. The fraction of sp³-hybridized carbons (Fsp3) is 0.0690. The summed E-state index contributed by atoms with van der Waals surface area (Å²) in [6.45, 7) is 0.129. The minimum atomic E-state index is -3.74. The molecule has 0 amide bonds. The van der Waals surface area contributed by atoms with Gasteiger partial charge in [0.1, 0.15) is 5.82 Å². The summed E-state index contributed by atoms with van der Waals surface area (Å²) in [4.78, 5) is 4.85. The van der Waals surface area contributed by atoms with E-state index in [4.69, 9.17) is 4.98 Å². The van der Waals surface area contributed by atoms with Crippen LogP contribution in [0.1, 0.15) is 5.56 Å². The zero-order valence-corrected chi connectivity index (χ0v) is 19.9. The normalized spacial score (nSPS) is 11.5. The van der Waals surface area contributed by atoms with E-state index in [1.807, 2.05) is 91.0 Å². The number of benzene rings is 4. The van der Waals surface area contributed by atoms with Crippen molar-refractivity contribution in [3.05, 3.63) is 121 Å². The number of halogens is 1. The zero-order valence-electron chi connectivity index (χ0n) is 19.1. The molecule has 0 aliphatic carbocycles. The zero-order chi connectivity index (χ0) is 24.4. The van der Waals surface area contributed by atoms with E-state index in [1.54, 1.807) is 6.07 Å². The van der Waals surface area contributed by atoms with E-state index in [2.05, 4.69) is 0 Å². The summed E-state index contributed by atoms with van der Waals surface area (Å²) >= 11 is 0. The van der Waals surface area contributed by atoms with Gasteiger partial charge in [0, 0.05) is 22.6 Å². The summed E-state index contributed by atoms with van der Waals surface area (Å²) in [6, 6.07) is 32.9. The van der Waals surface area contributed by atoms with Crippen molar-refractivity contribution in [1.82, 2.24) is 4.98 Å². The van der Waals surface area contributed by atoms with Gasteiger partial charge >= 0.3 is 0 Å². The van der Waals surface area contributed by atoms with Gasteiger partial charge in [-0.05, 0) is 23.3 Å². The molecule has 174 valence electrons. The number of hydrogen-bond donors (Lipinski definition) is 0. The molecule has 0 aliphatic heterocycles. The van der Waals surface area contributed by atoms with E-state index in [0.29, 0.717) is 27.8 Å². The molecule has 0 unspecified atom stereocenters. The van der Waals surface area contributed by atoms with Gasteiger partial charge < -0.3 is 0 Å². The molecule has 4 nitrogen and oxygen atoms in total. The number of anilines is 1. The van der Waals surface area contributed by atoms with Gasteiger partial charge in [-0.3, -0.25) is 4.31 Å². The predicted octanol–water partition coefficient (Wildman–Crippen LogP) is 6.67. The Bertz CT molecular complexity index is 1590. The molecule has 35 heavy (non-hydrogen) atoms. The highest BCUT2D eigenvalue weighted by molar-refractivity contribution is 7.92. The van der Waals surface area contributed by atoms with Crippen LogP contribution in [0.5, 0.6) is 0 Å². The monoisotopic (exact) mass is 482 g/mol. The number of hydrogen-bond acceptors (Lipinski definition) is 3. The highest BCUT2D eigenvalue weighted by atomic mass is 32.2. The number of sulfonamides is 1. The van der Waals surface area contributed by atoms with Crippen LogP contribution in [0.2, 0.25) is 0 Å². The lowest BCUT2D eigenvalue weighted by Gasteiger charge is -2.28. The van der Waals surface area contributed by atoms with Crippen molar-refractivity contribution < 1.29 is 12.8 Å². The van der Waals surface area contributed by atoms with Gasteiger partial charge in [-0.25, -0.2) is 17.8 Å². The van der Waals surface area contributed by atoms with E-state index >= 15 is 0 Å². The maximum absolute atomic E-state index is 14.3. The maximum atomic E-state index is 14.3. The topological polar surface area (TPSA) is 50.3 Å². The first-order valence-electron chi connectivity index (χ1n) is 11.2. The third-order valence-electron chi connectivity index (χ3n) is 5.85. The number of aromatic nitrogens is 1. The van der Waals surface area contributed by atoms with Gasteiger partial charge in [0.15, 0.2) is 0 Å². The SMILES string of the molecule is CS(=O)(=O)N(Cc1ccccc1)c1c(-c2ccccc2)c(-c2ccccc2)nc2cc(F)ccc12. The van der Waals surface area contributed by atoms with Crippen molar-refractivity contribution in [3.8, 4) is 22.4 Å². The van der Waals surface area contributed by atoms with Gasteiger partial charge in [-0.15, -0.1) is 0 Å². The molecule has 0 fully saturated rings. The second-order valence-electron chi connectivity index (χ2n) is 8.33. The van der Waals surface area contributed by atoms with Gasteiger partial charge in [-0.1, -0.05) is 91.0 Å². The molecule has 0 aliphatic rings. The third-order valence-corrected chi connectivity index (χ3v) is 6.96. The van der Waals surface area contributed by atoms with Crippen molar-refractivity contribution in [1.29, 1.82) is 0 Å². The van der Waals surface area contributed by atoms with Gasteiger partial charge in [0.25, 0.3) is 0 Å². The molecule has 0 spiro atoms. The van der Waals surface area contributed by atoms with Crippen LogP contribution >= 0.6 is 0 Å². The Hall–Kier alpha value is -4.03. The minimum Gasteiger partial charge on any atom is -0.265 e. The smallest absolute Gasteiger partial charge is 0.232 e.